The summed E-state index contributed by atoms with van der Waals surface area (Å²) in [4.78, 5) is 4.82. The number of nitrogens with zero attached hydrogens (tertiary/aromatic N) is 2. The molecule has 13 aromatic rings. The van der Waals surface area contributed by atoms with Crippen molar-refractivity contribution in [1.29, 1.82) is 0 Å². The van der Waals surface area contributed by atoms with Gasteiger partial charge < -0.3 is 9.80 Å². The third-order valence-corrected chi connectivity index (χ3v) is 16.7. The van der Waals surface area contributed by atoms with Gasteiger partial charge in [0, 0.05) is 39.5 Å². The van der Waals surface area contributed by atoms with Crippen LogP contribution in [0.3, 0.4) is 0 Å². The summed E-state index contributed by atoms with van der Waals surface area (Å²) in [5, 5.41) is 0. The predicted octanol–water partition coefficient (Wildman–Crippen LogP) is 22.6. The molecule has 0 spiro atoms. The number of rotatable bonds is 13. The molecule has 2 nitrogen and oxygen atoms in total. The van der Waals surface area contributed by atoms with E-state index in [9.17, 15) is 0 Å². The first kappa shape index (κ1) is 50.7. The van der Waals surface area contributed by atoms with Gasteiger partial charge in [0.15, 0.2) is 0 Å². The lowest BCUT2D eigenvalue weighted by Crippen LogP contribution is -2.16. The fraction of sp³-hybridized carbons (Fsp3) is 0.0370. The van der Waals surface area contributed by atoms with E-state index in [2.05, 4.69) is 351 Å². The summed E-state index contributed by atoms with van der Waals surface area (Å²) in [5.41, 5.74) is 28.1. The van der Waals surface area contributed by atoms with Gasteiger partial charge in [-0.15, -0.1) is 0 Å². The van der Waals surface area contributed by atoms with Crippen molar-refractivity contribution in [1.82, 2.24) is 0 Å². The van der Waals surface area contributed by atoms with E-state index in [4.69, 9.17) is 0 Å². The van der Waals surface area contributed by atoms with Gasteiger partial charge in [0.05, 0.1) is 0 Å². The second kappa shape index (κ2) is 21.8. The van der Waals surface area contributed by atoms with Crippen LogP contribution < -0.4 is 9.80 Å². The SMILES string of the molecule is CC1(C)c2ccccc2-c2ccc(N(c3ccc(-c4ccccc4)cc3)c3ccc(-c4ccc(N(c5ccc(-c6ccccc6)cc5)c5cc(-c6ccccc6)cc(-c6ccc(-c7ccccc7)cc6-c6ccccc6)c5)cc4)cc3)cc21. The summed E-state index contributed by atoms with van der Waals surface area (Å²) in [6.07, 6.45) is 0. The Morgan fingerprint density at radius 2 is 0.506 bits per heavy atom. The molecular formula is C81H60N2. The van der Waals surface area contributed by atoms with Crippen molar-refractivity contribution >= 4 is 34.1 Å². The molecule has 2 heteroatoms. The highest BCUT2D eigenvalue weighted by Crippen LogP contribution is 2.51. The van der Waals surface area contributed by atoms with Crippen LogP contribution in [0.2, 0.25) is 0 Å². The minimum atomic E-state index is -0.129. The first-order valence-corrected chi connectivity index (χ1v) is 28.7. The Kier molecular flexibility index (Phi) is 13.3. The molecule has 0 saturated heterocycles. The molecule has 0 amide bonds. The maximum atomic E-state index is 2.41. The molecule has 1 aliphatic rings. The van der Waals surface area contributed by atoms with E-state index >= 15 is 0 Å². The molecule has 394 valence electrons. The molecule has 0 atom stereocenters. The normalized spacial score (nSPS) is 12.1. The molecule has 14 rings (SSSR count). The second-order valence-corrected chi connectivity index (χ2v) is 22.1. The van der Waals surface area contributed by atoms with Gasteiger partial charge in [-0.2, -0.15) is 0 Å². The molecule has 0 aromatic heterocycles. The van der Waals surface area contributed by atoms with Gasteiger partial charge in [-0.25, -0.2) is 0 Å². The van der Waals surface area contributed by atoms with E-state index in [-0.39, 0.29) is 5.41 Å². The molecule has 1 aliphatic carbocycles. The van der Waals surface area contributed by atoms with Crippen LogP contribution in [-0.2, 0) is 5.41 Å². The van der Waals surface area contributed by atoms with Gasteiger partial charge in [0.2, 0.25) is 0 Å². The summed E-state index contributed by atoms with van der Waals surface area (Å²) in [5.74, 6) is 0. The van der Waals surface area contributed by atoms with Crippen LogP contribution in [0.1, 0.15) is 25.0 Å². The molecular weight excluding hydrogens is 1000 g/mol. The topological polar surface area (TPSA) is 6.48 Å². The van der Waals surface area contributed by atoms with E-state index in [1.165, 1.54) is 72.3 Å². The number of anilines is 6. The summed E-state index contributed by atoms with van der Waals surface area (Å²) in [7, 11) is 0. The van der Waals surface area contributed by atoms with Crippen LogP contribution in [0.4, 0.5) is 34.1 Å². The largest absolute Gasteiger partial charge is 0.310 e. The van der Waals surface area contributed by atoms with Gasteiger partial charge in [0.1, 0.15) is 0 Å². The third-order valence-electron chi connectivity index (χ3n) is 16.7. The average molecular weight is 1060 g/mol. The van der Waals surface area contributed by atoms with E-state index in [1.54, 1.807) is 0 Å². The van der Waals surface area contributed by atoms with E-state index < -0.39 is 0 Å². The van der Waals surface area contributed by atoms with Crippen molar-refractivity contribution in [3.05, 3.63) is 339 Å². The zero-order chi connectivity index (χ0) is 55.7. The molecule has 0 N–H and O–H groups in total. The number of benzene rings is 13. The highest BCUT2D eigenvalue weighted by molar-refractivity contribution is 5.93. The molecule has 0 unspecified atom stereocenters. The van der Waals surface area contributed by atoms with Crippen LogP contribution in [0, 0.1) is 0 Å². The van der Waals surface area contributed by atoms with Crippen LogP contribution in [0.15, 0.2) is 328 Å². The fourth-order valence-corrected chi connectivity index (χ4v) is 12.4. The Labute approximate surface area is 488 Å². The number of hydrogen-bond donors (Lipinski definition) is 0. The van der Waals surface area contributed by atoms with Crippen molar-refractivity contribution in [2.45, 2.75) is 19.3 Å². The zero-order valence-corrected chi connectivity index (χ0v) is 46.6. The van der Waals surface area contributed by atoms with Crippen molar-refractivity contribution in [2.24, 2.45) is 0 Å². The van der Waals surface area contributed by atoms with Crippen molar-refractivity contribution < 1.29 is 0 Å². The standard InChI is InChI=1S/C81H60N2/c1-81(2)79-31-19-18-30-76(79)77-51-49-73(56-80(77)81)82(69-41-32-61(33-42-69)57-20-8-3-9-21-57)70-43-36-63(37-44-70)64-38-47-72(48-39-64)83(71-45-34-62(35-46-71)58-22-10-4-11-23-58)74-53-67(60-26-14-6-15-27-60)52-68(54-74)75-50-40-66(59-24-12-5-13-25-59)55-78(75)65-28-16-7-17-29-65/h3-56H,1-2H3. The van der Waals surface area contributed by atoms with Crippen molar-refractivity contribution in [2.75, 3.05) is 9.80 Å². The van der Waals surface area contributed by atoms with Crippen molar-refractivity contribution in [3.8, 4) is 89.0 Å². The highest BCUT2D eigenvalue weighted by atomic mass is 15.1. The lowest BCUT2D eigenvalue weighted by Gasteiger charge is -2.28. The molecule has 0 radical (unpaired) electrons. The van der Waals surface area contributed by atoms with Crippen LogP contribution in [0.5, 0.6) is 0 Å². The summed E-state index contributed by atoms with van der Waals surface area (Å²) in [6, 6.07) is 120. The second-order valence-electron chi connectivity index (χ2n) is 22.1. The number of hydrogen-bond acceptors (Lipinski definition) is 2. The van der Waals surface area contributed by atoms with Crippen molar-refractivity contribution in [3.63, 3.8) is 0 Å². The van der Waals surface area contributed by atoms with Crippen LogP contribution in [-0.4, -0.2) is 0 Å². The predicted molar refractivity (Wildman–Crippen MR) is 351 cm³/mol. The first-order chi connectivity index (χ1) is 40.9. The van der Waals surface area contributed by atoms with Gasteiger partial charge in [-0.3, -0.25) is 0 Å². The highest BCUT2D eigenvalue weighted by Gasteiger charge is 2.36. The van der Waals surface area contributed by atoms with E-state index in [0.717, 1.165) is 61.9 Å². The Morgan fingerprint density at radius 1 is 0.181 bits per heavy atom. The van der Waals surface area contributed by atoms with Gasteiger partial charge in [-0.05, 0) is 185 Å². The van der Waals surface area contributed by atoms with Gasteiger partial charge in [0.25, 0.3) is 0 Å². The molecule has 0 bridgehead atoms. The fourth-order valence-electron chi connectivity index (χ4n) is 12.4. The molecule has 13 aromatic carbocycles. The van der Waals surface area contributed by atoms with E-state index in [1.807, 2.05) is 0 Å². The summed E-state index contributed by atoms with van der Waals surface area (Å²) >= 11 is 0. The number of fused-ring (bicyclic) bond motifs is 3. The monoisotopic (exact) mass is 1060 g/mol. The third kappa shape index (κ3) is 9.92. The Hall–Kier alpha value is -10.5. The average Bonchev–Trinajstić information content (AvgIpc) is 3.95. The molecule has 0 saturated carbocycles. The van der Waals surface area contributed by atoms with Crippen LogP contribution >= 0.6 is 0 Å². The lowest BCUT2D eigenvalue weighted by atomic mass is 9.82. The molecule has 83 heavy (non-hydrogen) atoms. The smallest absolute Gasteiger partial charge is 0.0473 e. The summed E-state index contributed by atoms with van der Waals surface area (Å²) in [6.45, 7) is 4.71. The zero-order valence-electron chi connectivity index (χ0n) is 46.6. The summed E-state index contributed by atoms with van der Waals surface area (Å²) < 4.78 is 0. The Balaban J connectivity index is 0.860. The maximum absolute atomic E-state index is 2.41. The first-order valence-electron chi connectivity index (χ1n) is 28.7. The van der Waals surface area contributed by atoms with Gasteiger partial charge >= 0.3 is 0 Å². The Morgan fingerprint density at radius 3 is 0.976 bits per heavy atom. The quantitative estimate of drug-likeness (QED) is 0.114. The van der Waals surface area contributed by atoms with Crippen LogP contribution in [0.25, 0.3) is 89.0 Å². The lowest BCUT2D eigenvalue weighted by molar-refractivity contribution is 0.660. The van der Waals surface area contributed by atoms with E-state index in [0.29, 0.717) is 0 Å². The molecule has 0 fully saturated rings. The van der Waals surface area contributed by atoms with Gasteiger partial charge in [-0.1, -0.05) is 257 Å². The minimum absolute atomic E-state index is 0.129. The molecule has 0 heterocycles. The Bertz CT molecular complexity index is 4380. The maximum Gasteiger partial charge on any atom is 0.0473 e. The minimum Gasteiger partial charge on any atom is -0.310 e. The molecule has 0 aliphatic heterocycles.